The fraction of sp³-hybridized carbons (Fsp3) is 0.474. The molecule has 0 unspecified atom stereocenters. The number of aliphatic imine (C=N–C) groups is 1. The van der Waals surface area contributed by atoms with Crippen LogP contribution in [0.3, 0.4) is 0 Å². The highest BCUT2D eigenvalue weighted by Crippen LogP contribution is 2.34. The zero-order chi connectivity index (χ0) is 17.6. The lowest BCUT2D eigenvalue weighted by Gasteiger charge is -2.27. The molecule has 0 saturated carbocycles. The summed E-state index contributed by atoms with van der Waals surface area (Å²) in [6.45, 7) is 7.02. The van der Waals surface area contributed by atoms with Gasteiger partial charge in [0.25, 0.3) is 5.91 Å². The van der Waals surface area contributed by atoms with Gasteiger partial charge in [-0.25, -0.2) is 0 Å². The summed E-state index contributed by atoms with van der Waals surface area (Å²) in [4.78, 5) is 19.4. The molecule has 2 aliphatic rings. The fourth-order valence-corrected chi connectivity index (χ4v) is 3.89. The van der Waals surface area contributed by atoms with Crippen LogP contribution in [0.2, 0.25) is 0 Å². The summed E-state index contributed by atoms with van der Waals surface area (Å²) in [5.41, 5.74) is 0.872. The van der Waals surface area contributed by atoms with Gasteiger partial charge in [-0.1, -0.05) is 0 Å². The molecule has 3 rings (SSSR count). The Kier molecular flexibility index (Phi) is 6.02. The van der Waals surface area contributed by atoms with Crippen LogP contribution in [0.25, 0.3) is 6.08 Å². The van der Waals surface area contributed by atoms with Gasteiger partial charge in [-0.05, 0) is 63.1 Å². The SMILES string of the molecule is CCOc1ccc(C=C2SC(N3CCCCC3)=NC2=O)c(OCC)c1. The number of benzene rings is 1. The van der Waals surface area contributed by atoms with Crippen LogP contribution in [0.1, 0.15) is 38.7 Å². The lowest BCUT2D eigenvalue weighted by Crippen LogP contribution is -2.33. The van der Waals surface area contributed by atoms with Gasteiger partial charge in [0, 0.05) is 24.7 Å². The van der Waals surface area contributed by atoms with Crippen molar-refractivity contribution in [1.82, 2.24) is 4.90 Å². The van der Waals surface area contributed by atoms with Gasteiger partial charge in [-0.2, -0.15) is 4.99 Å². The van der Waals surface area contributed by atoms with Gasteiger partial charge < -0.3 is 14.4 Å². The predicted octanol–water partition coefficient (Wildman–Crippen LogP) is 3.94. The molecule has 0 aromatic heterocycles. The van der Waals surface area contributed by atoms with Gasteiger partial charge >= 0.3 is 0 Å². The highest BCUT2D eigenvalue weighted by atomic mass is 32.2. The molecule has 2 aliphatic heterocycles. The summed E-state index contributed by atoms with van der Waals surface area (Å²) < 4.78 is 11.3. The van der Waals surface area contributed by atoms with E-state index in [9.17, 15) is 4.79 Å². The number of piperidine rings is 1. The van der Waals surface area contributed by atoms with Crippen LogP contribution in [0.4, 0.5) is 0 Å². The number of amidine groups is 1. The largest absolute Gasteiger partial charge is 0.494 e. The van der Waals surface area contributed by atoms with Crippen LogP contribution in [-0.4, -0.2) is 42.3 Å². The van der Waals surface area contributed by atoms with E-state index in [1.165, 1.54) is 31.0 Å². The Bertz CT molecular complexity index is 694. The molecule has 1 aromatic carbocycles. The highest BCUT2D eigenvalue weighted by molar-refractivity contribution is 8.18. The Morgan fingerprint density at radius 1 is 1.16 bits per heavy atom. The average Bonchev–Trinajstić information content (AvgIpc) is 2.99. The number of carbonyl (C=O) groups is 1. The van der Waals surface area contributed by atoms with E-state index in [1.807, 2.05) is 38.1 Å². The van der Waals surface area contributed by atoms with Gasteiger partial charge in [0.15, 0.2) is 5.17 Å². The average molecular weight is 360 g/mol. The van der Waals surface area contributed by atoms with E-state index in [0.717, 1.165) is 35.3 Å². The summed E-state index contributed by atoms with van der Waals surface area (Å²) in [7, 11) is 0. The number of amides is 1. The van der Waals surface area contributed by atoms with E-state index in [0.29, 0.717) is 18.1 Å². The Morgan fingerprint density at radius 3 is 2.64 bits per heavy atom. The van der Waals surface area contributed by atoms with Crippen molar-refractivity contribution in [2.75, 3.05) is 26.3 Å². The molecule has 5 nitrogen and oxygen atoms in total. The van der Waals surface area contributed by atoms with Gasteiger partial charge in [-0.15, -0.1) is 0 Å². The van der Waals surface area contributed by atoms with Crippen molar-refractivity contribution in [3.05, 3.63) is 28.7 Å². The first-order chi connectivity index (χ1) is 12.2. The zero-order valence-corrected chi connectivity index (χ0v) is 15.6. The number of hydrogen-bond acceptors (Lipinski definition) is 5. The van der Waals surface area contributed by atoms with E-state index in [4.69, 9.17) is 9.47 Å². The summed E-state index contributed by atoms with van der Waals surface area (Å²) >= 11 is 1.46. The minimum atomic E-state index is -0.165. The molecule has 1 saturated heterocycles. The Balaban J connectivity index is 1.79. The number of carbonyl (C=O) groups excluding carboxylic acids is 1. The Labute approximate surface area is 153 Å². The van der Waals surface area contributed by atoms with E-state index in [-0.39, 0.29) is 5.91 Å². The third-order valence-electron chi connectivity index (χ3n) is 4.12. The van der Waals surface area contributed by atoms with Crippen molar-refractivity contribution < 1.29 is 14.3 Å². The van der Waals surface area contributed by atoms with Crippen molar-refractivity contribution in [2.45, 2.75) is 33.1 Å². The van der Waals surface area contributed by atoms with E-state index < -0.39 is 0 Å². The molecule has 1 amide bonds. The molecule has 1 fully saturated rings. The van der Waals surface area contributed by atoms with Crippen LogP contribution in [0.15, 0.2) is 28.1 Å². The minimum absolute atomic E-state index is 0.165. The molecule has 0 N–H and O–H groups in total. The molecule has 25 heavy (non-hydrogen) atoms. The molecule has 6 heteroatoms. The molecule has 1 aromatic rings. The third-order valence-corrected chi connectivity index (χ3v) is 5.16. The molecule has 2 heterocycles. The van der Waals surface area contributed by atoms with Crippen LogP contribution in [0, 0.1) is 0 Å². The smallest absolute Gasteiger partial charge is 0.286 e. The molecular formula is C19H24N2O3S. The second-order valence-electron chi connectivity index (χ2n) is 5.92. The number of thioether (sulfide) groups is 1. The first-order valence-electron chi connectivity index (χ1n) is 8.88. The van der Waals surface area contributed by atoms with Crippen molar-refractivity contribution >= 4 is 28.9 Å². The predicted molar refractivity (Wildman–Crippen MR) is 102 cm³/mol. The van der Waals surface area contributed by atoms with E-state index in [2.05, 4.69) is 9.89 Å². The zero-order valence-electron chi connectivity index (χ0n) is 14.8. The number of likely N-dealkylation sites (tertiary alicyclic amines) is 1. The van der Waals surface area contributed by atoms with Gasteiger partial charge in [0.2, 0.25) is 0 Å². The first-order valence-corrected chi connectivity index (χ1v) is 9.70. The van der Waals surface area contributed by atoms with Crippen molar-refractivity contribution in [1.29, 1.82) is 0 Å². The molecule has 0 atom stereocenters. The number of rotatable bonds is 5. The second kappa shape index (κ2) is 8.43. The van der Waals surface area contributed by atoms with Gasteiger partial charge in [0.1, 0.15) is 11.5 Å². The third kappa shape index (κ3) is 4.37. The summed E-state index contributed by atoms with van der Waals surface area (Å²) in [6, 6.07) is 5.69. The maximum Gasteiger partial charge on any atom is 0.286 e. The maximum absolute atomic E-state index is 12.3. The lowest BCUT2D eigenvalue weighted by atomic mass is 10.1. The molecule has 0 aliphatic carbocycles. The normalized spacial score (nSPS) is 19.3. The Morgan fingerprint density at radius 2 is 1.92 bits per heavy atom. The lowest BCUT2D eigenvalue weighted by molar-refractivity contribution is -0.113. The maximum atomic E-state index is 12.3. The van der Waals surface area contributed by atoms with Crippen molar-refractivity contribution in [2.24, 2.45) is 4.99 Å². The van der Waals surface area contributed by atoms with Crippen LogP contribution < -0.4 is 9.47 Å². The van der Waals surface area contributed by atoms with E-state index >= 15 is 0 Å². The molecule has 0 radical (unpaired) electrons. The standard InChI is InChI=1S/C19H24N2O3S/c1-3-23-15-9-8-14(16(13-15)24-4-2)12-17-18(22)20-19(25-17)21-10-6-5-7-11-21/h8-9,12-13H,3-7,10-11H2,1-2H3. The van der Waals surface area contributed by atoms with E-state index in [1.54, 1.807) is 0 Å². The number of nitrogens with zero attached hydrogens (tertiary/aromatic N) is 2. The number of hydrogen-bond donors (Lipinski definition) is 0. The summed E-state index contributed by atoms with van der Waals surface area (Å²) in [5, 5.41) is 0.833. The van der Waals surface area contributed by atoms with Crippen LogP contribution >= 0.6 is 11.8 Å². The monoisotopic (exact) mass is 360 g/mol. The molecule has 134 valence electrons. The van der Waals surface area contributed by atoms with Crippen LogP contribution in [0.5, 0.6) is 11.5 Å². The second-order valence-corrected chi connectivity index (χ2v) is 6.93. The van der Waals surface area contributed by atoms with Crippen LogP contribution in [-0.2, 0) is 4.79 Å². The summed E-state index contributed by atoms with van der Waals surface area (Å²) in [6.07, 6.45) is 5.46. The highest BCUT2D eigenvalue weighted by Gasteiger charge is 2.27. The summed E-state index contributed by atoms with van der Waals surface area (Å²) in [5.74, 6) is 1.33. The molecular weight excluding hydrogens is 336 g/mol. The minimum Gasteiger partial charge on any atom is -0.494 e. The van der Waals surface area contributed by atoms with Crippen molar-refractivity contribution in [3.63, 3.8) is 0 Å². The fourth-order valence-electron chi connectivity index (χ4n) is 2.93. The van der Waals surface area contributed by atoms with Crippen molar-refractivity contribution in [3.8, 4) is 11.5 Å². The topological polar surface area (TPSA) is 51.1 Å². The number of ether oxygens (including phenoxy) is 2. The quantitative estimate of drug-likeness (QED) is 0.745. The van der Waals surface area contributed by atoms with Gasteiger partial charge in [0.05, 0.1) is 18.1 Å². The first kappa shape index (κ1) is 17.9. The van der Waals surface area contributed by atoms with Gasteiger partial charge in [-0.3, -0.25) is 4.79 Å². The Hall–Kier alpha value is -1.95. The molecule has 0 spiro atoms. The molecule has 0 bridgehead atoms.